The summed E-state index contributed by atoms with van der Waals surface area (Å²) in [5.41, 5.74) is -0.504. The van der Waals surface area contributed by atoms with Crippen LogP contribution in [0.5, 0.6) is 11.5 Å². The second-order valence-electron chi connectivity index (χ2n) is 5.81. The quantitative estimate of drug-likeness (QED) is 0.746. The number of ether oxygens (including phenoxy) is 2. The van der Waals surface area contributed by atoms with Crippen LogP contribution in [-0.4, -0.2) is 38.6 Å². The zero-order valence-corrected chi connectivity index (χ0v) is 13.6. The summed E-state index contributed by atoms with van der Waals surface area (Å²) in [6.45, 7) is 6.05. The monoisotopic (exact) mass is 308 g/mol. The lowest BCUT2D eigenvalue weighted by Gasteiger charge is -2.17. The zero-order valence-electron chi connectivity index (χ0n) is 13.6. The molecule has 0 aliphatic heterocycles. The molecule has 0 saturated carbocycles. The van der Waals surface area contributed by atoms with Gasteiger partial charge in [-0.25, -0.2) is 0 Å². The number of rotatable bonds is 7. The van der Waals surface area contributed by atoms with Gasteiger partial charge in [-0.2, -0.15) is 0 Å². The molecule has 0 aliphatic carbocycles. The van der Waals surface area contributed by atoms with Crippen LogP contribution in [0.15, 0.2) is 24.3 Å². The Bertz CT molecular complexity index is 509. The van der Waals surface area contributed by atoms with Crippen molar-refractivity contribution in [3.8, 4) is 11.5 Å². The molecule has 1 rings (SSSR count). The van der Waals surface area contributed by atoms with Crippen molar-refractivity contribution in [2.24, 2.45) is 5.41 Å². The van der Waals surface area contributed by atoms with E-state index >= 15 is 0 Å². The normalized spacial score (nSPS) is 10.7. The molecule has 0 heterocycles. The van der Waals surface area contributed by atoms with E-state index in [1.807, 2.05) is 18.2 Å². The molecule has 6 nitrogen and oxygen atoms in total. The average Bonchev–Trinajstić information content (AvgIpc) is 2.48. The van der Waals surface area contributed by atoms with E-state index in [0.717, 1.165) is 0 Å². The first-order valence-corrected chi connectivity index (χ1v) is 7.15. The summed E-state index contributed by atoms with van der Waals surface area (Å²) < 4.78 is 10.6. The molecule has 0 bridgehead atoms. The Morgan fingerprint density at radius 1 is 1.14 bits per heavy atom. The van der Waals surface area contributed by atoms with Gasteiger partial charge in [0, 0.05) is 11.5 Å². The van der Waals surface area contributed by atoms with E-state index in [1.54, 1.807) is 33.9 Å². The molecule has 1 aromatic carbocycles. The van der Waals surface area contributed by atoms with E-state index in [4.69, 9.17) is 9.47 Å². The summed E-state index contributed by atoms with van der Waals surface area (Å²) in [4.78, 5) is 23.2. The van der Waals surface area contributed by atoms with Gasteiger partial charge in [0.05, 0.1) is 20.2 Å². The minimum atomic E-state index is -0.504. The Labute approximate surface area is 131 Å². The highest BCUT2D eigenvalue weighted by Gasteiger charge is 2.21. The van der Waals surface area contributed by atoms with Crippen LogP contribution in [-0.2, 0) is 9.59 Å². The average molecular weight is 308 g/mol. The number of hydrogen-bond donors (Lipinski definition) is 2. The number of methoxy groups -OCH3 is 1. The standard InChI is InChI=1S/C16H24N2O4/c1-16(2,3)15(20)18-11-14(19)17-8-9-22-13-7-5-6-12(10-13)21-4/h5-7,10H,8-9,11H2,1-4H3,(H,17,19)(H,18,20). The van der Waals surface area contributed by atoms with E-state index in [0.29, 0.717) is 24.7 Å². The maximum absolute atomic E-state index is 11.6. The van der Waals surface area contributed by atoms with Crippen LogP contribution in [0.25, 0.3) is 0 Å². The molecule has 0 spiro atoms. The molecular formula is C16H24N2O4. The van der Waals surface area contributed by atoms with Crippen molar-refractivity contribution < 1.29 is 19.1 Å². The van der Waals surface area contributed by atoms with E-state index in [2.05, 4.69) is 10.6 Å². The third-order valence-electron chi connectivity index (χ3n) is 2.82. The van der Waals surface area contributed by atoms with Gasteiger partial charge in [-0.3, -0.25) is 9.59 Å². The summed E-state index contributed by atoms with van der Waals surface area (Å²) >= 11 is 0. The van der Waals surface area contributed by atoms with Crippen molar-refractivity contribution in [1.82, 2.24) is 10.6 Å². The zero-order chi connectivity index (χ0) is 16.6. The fourth-order valence-corrected chi connectivity index (χ4v) is 1.54. The van der Waals surface area contributed by atoms with Crippen LogP contribution >= 0.6 is 0 Å². The highest BCUT2D eigenvalue weighted by Crippen LogP contribution is 2.18. The van der Waals surface area contributed by atoms with Crippen LogP contribution in [0.3, 0.4) is 0 Å². The van der Waals surface area contributed by atoms with E-state index in [9.17, 15) is 9.59 Å². The number of carbonyl (C=O) groups excluding carboxylic acids is 2. The smallest absolute Gasteiger partial charge is 0.239 e. The Hall–Kier alpha value is -2.24. The number of hydrogen-bond acceptors (Lipinski definition) is 4. The number of amides is 2. The fourth-order valence-electron chi connectivity index (χ4n) is 1.54. The lowest BCUT2D eigenvalue weighted by Crippen LogP contribution is -2.42. The molecule has 2 N–H and O–H groups in total. The molecule has 0 radical (unpaired) electrons. The molecule has 6 heteroatoms. The van der Waals surface area contributed by atoms with Gasteiger partial charge in [0.1, 0.15) is 18.1 Å². The molecule has 0 atom stereocenters. The van der Waals surface area contributed by atoms with Gasteiger partial charge in [0.15, 0.2) is 0 Å². The van der Waals surface area contributed by atoms with Gasteiger partial charge < -0.3 is 20.1 Å². The maximum Gasteiger partial charge on any atom is 0.239 e. The summed E-state index contributed by atoms with van der Waals surface area (Å²) in [6.07, 6.45) is 0. The van der Waals surface area contributed by atoms with Gasteiger partial charge in [0.25, 0.3) is 0 Å². The molecule has 0 fully saturated rings. The molecule has 0 unspecified atom stereocenters. The van der Waals surface area contributed by atoms with E-state index in [-0.39, 0.29) is 18.4 Å². The third-order valence-corrected chi connectivity index (χ3v) is 2.82. The third kappa shape index (κ3) is 6.47. The lowest BCUT2D eigenvalue weighted by atomic mass is 9.96. The second kappa shape index (κ2) is 8.26. The Morgan fingerprint density at radius 2 is 1.82 bits per heavy atom. The van der Waals surface area contributed by atoms with Crippen LogP contribution in [0.4, 0.5) is 0 Å². The summed E-state index contributed by atoms with van der Waals surface area (Å²) in [7, 11) is 1.59. The van der Waals surface area contributed by atoms with Gasteiger partial charge in [-0.05, 0) is 12.1 Å². The Balaban J connectivity index is 2.21. The van der Waals surface area contributed by atoms with Crippen molar-refractivity contribution in [2.75, 3.05) is 26.8 Å². The Kier molecular flexibility index (Phi) is 6.69. The van der Waals surface area contributed by atoms with Gasteiger partial charge in [-0.1, -0.05) is 26.8 Å². The van der Waals surface area contributed by atoms with Gasteiger partial charge in [-0.15, -0.1) is 0 Å². The number of carbonyl (C=O) groups is 2. The van der Waals surface area contributed by atoms with Crippen LogP contribution in [0.2, 0.25) is 0 Å². The molecule has 0 aliphatic rings. The topological polar surface area (TPSA) is 76.7 Å². The highest BCUT2D eigenvalue weighted by atomic mass is 16.5. The summed E-state index contributed by atoms with van der Waals surface area (Å²) in [6, 6.07) is 7.24. The van der Waals surface area contributed by atoms with Crippen molar-refractivity contribution >= 4 is 11.8 Å². The summed E-state index contributed by atoms with van der Waals surface area (Å²) in [5.74, 6) is 0.989. The molecule has 2 amide bonds. The van der Waals surface area contributed by atoms with Crippen molar-refractivity contribution in [2.45, 2.75) is 20.8 Å². The van der Waals surface area contributed by atoms with Crippen LogP contribution in [0.1, 0.15) is 20.8 Å². The van der Waals surface area contributed by atoms with Crippen molar-refractivity contribution in [3.05, 3.63) is 24.3 Å². The van der Waals surface area contributed by atoms with Crippen molar-refractivity contribution in [1.29, 1.82) is 0 Å². The fraction of sp³-hybridized carbons (Fsp3) is 0.500. The predicted molar refractivity (Wildman–Crippen MR) is 84.0 cm³/mol. The number of benzene rings is 1. The molecule has 22 heavy (non-hydrogen) atoms. The van der Waals surface area contributed by atoms with Crippen LogP contribution < -0.4 is 20.1 Å². The summed E-state index contributed by atoms with van der Waals surface area (Å²) in [5, 5.41) is 5.27. The minimum Gasteiger partial charge on any atom is -0.497 e. The minimum absolute atomic E-state index is 0.0325. The predicted octanol–water partition coefficient (Wildman–Crippen LogP) is 1.35. The highest BCUT2D eigenvalue weighted by molar-refractivity contribution is 5.87. The lowest BCUT2D eigenvalue weighted by molar-refractivity contribution is -0.131. The van der Waals surface area contributed by atoms with E-state index in [1.165, 1.54) is 0 Å². The van der Waals surface area contributed by atoms with Crippen molar-refractivity contribution in [3.63, 3.8) is 0 Å². The second-order valence-corrected chi connectivity index (χ2v) is 5.81. The maximum atomic E-state index is 11.6. The molecule has 122 valence electrons. The molecule has 0 aromatic heterocycles. The first kappa shape index (κ1) is 17.8. The Morgan fingerprint density at radius 3 is 2.45 bits per heavy atom. The SMILES string of the molecule is COc1cccc(OCCNC(=O)CNC(=O)C(C)(C)C)c1. The first-order chi connectivity index (χ1) is 10.3. The van der Waals surface area contributed by atoms with Gasteiger partial charge >= 0.3 is 0 Å². The molecular weight excluding hydrogens is 284 g/mol. The number of nitrogens with one attached hydrogen (secondary N) is 2. The van der Waals surface area contributed by atoms with E-state index < -0.39 is 5.41 Å². The molecule has 1 aromatic rings. The largest absolute Gasteiger partial charge is 0.497 e. The molecule has 0 saturated heterocycles. The first-order valence-electron chi connectivity index (χ1n) is 7.15. The van der Waals surface area contributed by atoms with Gasteiger partial charge in [0.2, 0.25) is 11.8 Å². The van der Waals surface area contributed by atoms with Crippen LogP contribution in [0, 0.1) is 5.41 Å².